The number of benzene rings is 1. The third kappa shape index (κ3) is 1.79. The molecule has 1 aromatic rings. The van der Waals surface area contributed by atoms with Crippen molar-refractivity contribution in [2.24, 2.45) is 0 Å². The van der Waals surface area contributed by atoms with Crippen molar-refractivity contribution in [2.75, 3.05) is 0 Å². The molecule has 76 valence electrons. The van der Waals surface area contributed by atoms with Gasteiger partial charge in [0.25, 0.3) is 0 Å². The van der Waals surface area contributed by atoms with E-state index in [0.717, 1.165) is 5.02 Å². The molecular weight excluding hydrogens is 194 g/mol. The average molecular weight is 210 g/mol. The highest BCUT2D eigenvalue weighted by atomic mass is 35.5. The maximum Gasteiger partial charge on any atom is 0.0456 e. The summed E-state index contributed by atoms with van der Waals surface area (Å²) in [5.41, 5.74) is 1.43. The van der Waals surface area contributed by atoms with E-state index in [1.165, 1.54) is 18.4 Å². The van der Waals surface area contributed by atoms with Gasteiger partial charge in [-0.2, -0.15) is 0 Å². The van der Waals surface area contributed by atoms with Crippen LogP contribution in [-0.2, 0) is 5.54 Å². The first-order valence-electron chi connectivity index (χ1n) is 5.17. The highest BCUT2D eigenvalue weighted by Crippen LogP contribution is 2.48. The molecule has 2 rings (SSSR count). The van der Waals surface area contributed by atoms with Gasteiger partial charge in [0.1, 0.15) is 0 Å². The van der Waals surface area contributed by atoms with E-state index in [-0.39, 0.29) is 5.54 Å². The van der Waals surface area contributed by atoms with E-state index in [2.05, 4.69) is 31.3 Å². The zero-order valence-corrected chi connectivity index (χ0v) is 9.43. The third-order valence-electron chi connectivity index (χ3n) is 2.70. The Morgan fingerprint density at radius 3 is 2.43 bits per heavy atom. The van der Waals surface area contributed by atoms with Crippen LogP contribution in [0.3, 0.4) is 0 Å². The standard InChI is InChI=1S/C12H16ClN/c1-9(2)14-12(7-8-12)10-5-3-4-6-11(10)13/h3-6,9,14H,7-8H2,1-2H3. The molecule has 0 atom stereocenters. The molecule has 1 fully saturated rings. The quantitative estimate of drug-likeness (QED) is 0.806. The number of halogens is 1. The lowest BCUT2D eigenvalue weighted by molar-refractivity contribution is 0.461. The summed E-state index contributed by atoms with van der Waals surface area (Å²) >= 11 is 6.19. The predicted molar refractivity (Wildman–Crippen MR) is 60.6 cm³/mol. The van der Waals surface area contributed by atoms with Crippen molar-refractivity contribution in [1.29, 1.82) is 0 Å². The van der Waals surface area contributed by atoms with E-state index in [9.17, 15) is 0 Å². The minimum Gasteiger partial charge on any atom is -0.305 e. The van der Waals surface area contributed by atoms with Crippen LogP contribution in [0.2, 0.25) is 5.02 Å². The molecule has 0 aliphatic heterocycles. The summed E-state index contributed by atoms with van der Waals surface area (Å²) in [6.45, 7) is 4.35. The van der Waals surface area contributed by atoms with Gasteiger partial charge in [0, 0.05) is 16.6 Å². The lowest BCUT2D eigenvalue weighted by atomic mass is 10.0. The average Bonchev–Trinajstić information content (AvgIpc) is 2.85. The van der Waals surface area contributed by atoms with Crippen LogP contribution in [0, 0.1) is 0 Å². The smallest absolute Gasteiger partial charge is 0.0456 e. The minimum absolute atomic E-state index is 0.173. The van der Waals surface area contributed by atoms with Gasteiger partial charge in [0.2, 0.25) is 0 Å². The van der Waals surface area contributed by atoms with E-state index in [4.69, 9.17) is 11.6 Å². The lowest BCUT2D eigenvalue weighted by Crippen LogP contribution is -2.34. The molecule has 1 N–H and O–H groups in total. The van der Waals surface area contributed by atoms with Crippen molar-refractivity contribution in [3.63, 3.8) is 0 Å². The van der Waals surface area contributed by atoms with Crippen molar-refractivity contribution in [3.8, 4) is 0 Å². The molecule has 2 heteroatoms. The maximum atomic E-state index is 6.19. The Kier molecular flexibility index (Phi) is 2.54. The Hall–Kier alpha value is -0.530. The van der Waals surface area contributed by atoms with Crippen LogP contribution < -0.4 is 5.32 Å². The van der Waals surface area contributed by atoms with E-state index in [0.29, 0.717) is 6.04 Å². The molecular formula is C12H16ClN. The van der Waals surface area contributed by atoms with Gasteiger partial charge in [0.15, 0.2) is 0 Å². The highest BCUT2D eigenvalue weighted by Gasteiger charge is 2.45. The molecule has 0 radical (unpaired) electrons. The van der Waals surface area contributed by atoms with Crippen LogP contribution in [-0.4, -0.2) is 6.04 Å². The number of hydrogen-bond donors (Lipinski definition) is 1. The molecule has 0 saturated heterocycles. The van der Waals surface area contributed by atoms with E-state index < -0.39 is 0 Å². The first-order chi connectivity index (χ1) is 6.64. The largest absolute Gasteiger partial charge is 0.305 e. The van der Waals surface area contributed by atoms with Gasteiger partial charge in [-0.15, -0.1) is 0 Å². The minimum atomic E-state index is 0.173. The zero-order chi connectivity index (χ0) is 10.2. The summed E-state index contributed by atoms with van der Waals surface area (Å²) in [5, 5.41) is 4.49. The summed E-state index contributed by atoms with van der Waals surface area (Å²) < 4.78 is 0. The third-order valence-corrected chi connectivity index (χ3v) is 3.03. The molecule has 0 heterocycles. The fraction of sp³-hybridized carbons (Fsp3) is 0.500. The SMILES string of the molecule is CC(C)NC1(c2ccccc2Cl)CC1. The van der Waals surface area contributed by atoms with Gasteiger partial charge >= 0.3 is 0 Å². The molecule has 1 nitrogen and oxygen atoms in total. The first-order valence-corrected chi connectivity index (χ1v) is 5.54. The normalized spacial score (nSPS) is 18.6. The summed E-state index contributed by atoms with van der Waals surface area (Å²) in [5.74, 6) is 0. The summed E-state index contributed by atoms with van der Waals surface area (Å²) in [6, 6.07) is 8.65. The number of rotatable bonds is 3. The van der Waals surface area contributed by atoms with E-state index >= 15 is 0 Å². The Bertz CT molecular complexity index is 329. The topological polar surface area (TPSA) is 12.0 Å². The fourth-order valence-corrected chi connectivity index (χ4v) is 2.33. The maximum absolute atomic E-state index is 6.19. The van der Waals surface area contributed by atoms with E-state index in [1.54, 1.807) is 0 Å². The number of hydrogen-bond acceptors (Lipinski definition) is 1. The predicted octanol–water partition coefficient (Wildman–Crippen LogP) is 3.33. The van der Waals surface area contributed by atoms with Gasteiger partial charge in [-0.3, -0.25) is 0 Å². The summed E-state index contributed by atoms with van der Waals surface area (Å²) in [7, 11) is 0. The second kappa shape index (κ2) is 3.56. The summed E-state index contributed by atoms with van der Waals surface area (Å²) in [6.07, 6.45) is 2.41. The molecule has 14 heavy (non-hydrogen) atoms. The van der Waals surface area contributed by atoms with Gasteiger partial charge in [-0.1, -0.05) is 43.6 Å². The van der Waals surface area contributed by atoms with Gasteiger partial charge in [0.05, 0.1) is 0 Å². The van der Waals surface area contributed by atoms with E-state index in [1.807, 2.05) is 12.1 Å². The first kappa shape index (κ1) is 10.0. The van der Waals surface area contributed by atoms with Crippen LogP contribution in [0.25, 0.3) is 0 Å². The van der Waals surface area contributed by atoms with Crippen molar-refractivity contribution in [1.82, 2.24) is 5.32 Å². The Balaban J connectivity index is 2.26. The summed E-state index contributed by atoms with van der Waals surface area (Å²) in [4.78, 5) is 0. The molecule has 0 aromatic heterocycles. The van der Waals surface area contributed by atoms with Crippen LogP contribution in [0.4, 0.5) is 0 Å². The molecule has 1 aliphatic carbocycles. The molecule has 0 spiro atoms. The second-order valence-corrected chi connectivity index (χ2v) is 4.77. The van der Waals surface area contributed by atoms with Gasteiger partial charge < -0.3 is 5.32 Å². The lowest BCUT2D eigenvalue weighted by Gasteiger charge is -2.21. The molecule has 0 unspecified atom stereocenters. The van der Waals surface area contributed by atoms with Crippen molar-refractivity contribution in [2.45, 2.75) is 38.3 Å². The highest BCUT2D eigenvalue weighted by molar-refractivity contribution is 6.31. The second-order valence-electron chi connectivity index (χ2n) is 4.36. The van der Waals surface area contributed by atoms with Gasteiger partial charge in [-0.25, -0.2) is 0 Å². The van der Waals surface area contributed by atoms with Crippen LogP contribution in [0.15, 0.2) is 24.3 Å². The molecule has 1 aromatic carbocycles. The molecule has 0 amide bonds. The molecule has 1 aliphatic rings. The fourth-order valence-electron chi connectivity index (χ4n) is 2.02. The Labute approximate surface area is 90.5 Å². The van der Waals surface area contributed by atoms with Gasteiger partial charge in [-0.05, 0) is 24.5 Å². The molecule has 0 bridgehead atoms. The van der Waals surface area contributed by atoms with Crippen LogP contribution in [0.1, 0.15) is 32.3 Å². The van der Waals surface area contributed by atoms with Crippen molar-refractivity contribution in [3.05, 3.63) is 34.9 Å². The van der Waals surface area contributed by atoms with Crippen molar-refractivity contribution < 1.29 is 0 Å². The zero-order valence-electron chi connectivity index (χ0n) is 8.68. The Morgan fingerprint density at radius 1 is 1.29 bits per heavy atom. The van der Waals surface area contributed by atoms with Crippen LogP contribution in [0.5, 0.6) is 0 Å². The van der Waals surface area contributed by atoms with Crippen molar-refractivity contribution >= 4 is 11.6 Å². The Morgan fingerprint density at radius 2 is 1.93 bits per heavy atom. The van der Waals surface area contributed by atoms with Crippen LogP contribution >= 0.6 is 11.6 Å². The molecule has 1 saturated carbocycles. The number of nitrogens with one attached hydrogen (secondary N) is 1. The monoisotopic (exact) mass is 209 g/mol.